The van der Waals surface area contributed by atoms with Gasteiger partial charge < -0.3 is 4.42 Å². The average Bonchev–Trinajstić information content (AvgIpc) is 2.89. The molecule has 1 heteroatoms. The molecule has 106 valence electrons. The third-order valence-electron chi connectivity index (χ3n) is 3.91. The van der Waals surface area contributed by atoms with E-state index in [4.69, 9.17) is 4.42 Å². The zero-order valence-electron chi connectivity index (χ0n) is 12.8. The van der Waals surface area contributed by atoms with Crippen molar-refractivity contribution in [2.45, 2.75) is 26.7 Å². The summed E-state index contributed by atoms with van der Waals surface area (Å²) in [5.74, 6) is 2.11. The molecule has 1 atom stereocenters. The Morgan fingerprint density at radius 3 is 2.19 bits per heavy atom. The number of benzene rings is 2. The molecule has 1 heterocycles. The minimum atomic E-state index is 0.153. The van der Waals surface area contributed by atoms with Crippen molar-refractivity contribution in [3.8, 4) is 0 Å². The van der Waals surface area contributed by atoms with Crippen LogP contribution < -0.4 is 0 Å². The van der Waals surface area contributed by atoms with Gasteiger partial charge in [0.05, 0.1) is 5.92 Å². The van der Waals surface area contributed by atoms with Crippen LogP contribution in [-0.2, 0) is 0 Å². The van der Waals surface area contributed by atoms with E-state index in [1.807, 2.05) is 13.0 Å². The van der Waals surface area contributed by atoms with Gasteiger partial charge in [-0.3, -0.25) is 0 Å². The largest absolute Gasteiger partial charge is 0.465 e. The Hall–Kier alpha value is -2.28. The van der Waals surface area contributed by atoms with Crippen LogP contribution in [0.3, 0.4) is 0 Å². The predicted molar refractivity (Wildman–Crippen MR) is 86.7 cm³/mol. The first-order valence-corrected chi connectivity index (χ1v) is 7.33. The quantitative estimate of drug-likeness (QED) is 0.625. The molecule has 3 aromatic rings. The van der Waals surface area contributed by atoms with Gasteiger partial charge in [-0.05, 0) is 49.6 Å². The van der Waals surface area contributed by atoms with Crippen LogP contribution in [0.25, 0.3) is 0 Å². The molecular weight excluding hydrogens is 256 g/mol. The summed E-state index contributed by atoms with van der Waals surface area (Å²) in [6.07, 6.45) is 0. The molecule has 0 amide bonds. The summed E-state index contributed by atoms with van der Waals surface area (Å²) in [6, 6.07) is 21.3. The van der Waals surface area contributed by atoms with E-state index in [2.05, 4.69) is 68.4 Å². The Bertz CT molecular complexity index is 738. The fourth-order valence-corrected chi connectivity index (χ4v) is 2.90. The fourth-order valence-electron chi connectivity index (χ4n) is 2.90. The Morgan fingerprint density at radius 1 is 0.810 bits per heavy atom. The summed E-state index contributed by atoms with van der Waals surface area (Å²) < 4.78 is 5.94. The standard InChI is InChI=1S/C20H20O/c1-14-9-11-18(15(2)13-14)20(17-7-5-4-6-8-17)19-12-10-16(3)21-19/h4-13,20H,1-3H3. The molecule has 0 bridgehead atoms. The maximum Gasteiger partial charge on any atom is 0.116 e. The van der Waals surface area contributed by atoms with Crippen molar-refractivity contribution < 1.29 is 4.42 Å². The molecule has 0 aliphatic heterocycles. The first-order chi connectivity index (χ1) is 10.1. The van der Waals surface area contributed by atoms with Gasteiger partial charge in [0.15, 0.2) is 0 Å². The lowest BCUT2D eigenvalue weighted by Crippen LogP contribution is -2.04. The van der Waals surface area contributed by atoms with Crippen LogP contribution >= 0.6 is 0 Å². The lowest BCUT2D eigenvalue weighted by molar-refractivity contribution is 0.477. The highest BCUT2D eigenvalue weighted by atomic mass is 16.3. The lowest BCUT2D eigenvalue weighted by atomic mass is 9.86. The van der Waals surface area contributed by atoms with Crippen molar-refractivity contribution in [1.82, 2.24) is 0 Å². The van der Waals surface area contributed by atoms with E-state index in [1.54, 1.807) is 0 Å². The lowest BCUT2D eigenvalue weighted by Gasteiger charge is -2.18. The fraction of sp³-hybridized carbons (Fsp3) is 0.200. The minimum absolute atomic E-state index is 0.153. The minimum Gasteiger partial charge on any atom is -0.465 e. The van der Waals surface area contributed by atoms with E-state index in [9.17, 15) is 0 Å². The van der Waals surface area contributed by atoms with Crippen LogP contribution in [-0.4, -0.2) is 0 Å². The predicted octanol–water partition coefficient (Wildman–Crippen LogP) is 5.39. The topological polar surface area (TPSA) is 13.1 Å². The third kappa shape index (κ3) is 2.78. The highest BCUT2D eigenvalue weighted by Crippen LogP contribution is 2.34. The summed E-state index contributed by atoms with van der Waals surface area (Å²) >= 11 is 0. The molecule has 1 unspecified atom stereocenters. The van der Waals surface area contributed by atoms with Gasteiger partial charge in [0, 0.05) is 0 Å². The molecule has 0 saturated carbocycles. The maximum atomic E-state index is 5.94. The number of rotatable bonds is 3. The molecule has 0 saturated heterocycles. The van der Waals surface area contributed by atoms with Crippen LogP contribution in [0.2, 0.25) is 0 Å². The van der Waals surface area contributed by atoms with Crippen molar-refractivity contribution in [2.75, 3.05) is 0 Å². The SMILES string of the molecule is Cc1ccc(C(c2ccccc2)c2ccc(C)o2)c(C)c1. The molecule has 1 aromatic heterocycles. The summed E-state index contributed by atoms with van der Waals surface area (Å²) in [7, 11) is 0. The summed E-state index contributed by atoms with van der Waals surface area (Å²) in [6.45, 7) is 6.30. The Balaban J connectivity index is 2.17. The summed E-state index contributed by atoms with van der Waals surface area (Å²) in [5, 5.41) is 0. The van der Waals surface area contributed by atoms with Crippen LogP contribution in [0.1, 0.15) is 39.7 Å². The Kier molecular flexibility index (Phi) is 3.66. The van der Waals surface area contributed by atoms with Crippen LogP contribution in [0.15, 0.2) is 65.1 Å². The van der Waals surface area contributed by atoms with E-state index in [-0.39, 0.29) is 5.92 Å². The smallest absolute Gasteiger partial charge is 0.116 e. The summed E-state index contributed by atoms with van der Waals surface area (Å²) in [5.41, 5.74) is 5.16. The first kappa shape index (κ1) is 13.7. The van der Waals surface area contributed by atoms with Gasteiger partial charge in [-0.1, -0.05) is 54.1 Å². The van der Waals surface area contributed by atoms with Gasteiger partial charge in [0.2, 0.25) is 0 Å². The Morgan fingerprint density at radius 2 is 1.57 bits per heavy atom. The van der Waals surface area contributed by atoms with E-state index in [1.165, 1.54) is 22.3 Å². The number of aryl methyl sites for hydroxylation is 3. The number of hydrogen-bond acceptors (Lipinski definition) is 1. The monoisotopic (exact) mass is 276 g/mol. The second-order valence-corrected chi connectivity index (χ2v) is 5.65. The van der Waals surface area contributed by atoms with Crippen molar-refractivity contribution >= 4 is 0 Å². The normalized spacial score (nSPS) is 12.3. The maximum absolute atomic E-state index is 5.94. The van der Waals surface area contributed by atoms with E-state index in [0.717, 1.165) is 11.5 Å². The van der Waals surface area contributed by atoms with Crippen LogP contribution in [0, 0.1) is 20.8 Å². The van der Waals surface area contributed by atoms with Gasteiger partial charge in [0.25, 0.3) is 0 Å². The molecule has 0 radical (unpaired) electrons. The van der Waals surface area contributed by atoms with E-state index in [0.29, 0.717) is 0 Å². The van der Waals surface area contributed by atoms with Gasteiger partial charge in [-0.2, -0.15) is 0 Å². The molecule has 0 N–H and O–H groups in total. The number of furan rings is 1. The molecular formula is C20H20O. The summed E-state index contributed by atoms with van der Waals surface area (Å²) in [4.78, 5) is 0. The molecule has 0 fully saturated rings. The van der Waals surface area contributed by atoms with E-state index >= 15 is 0 Å². The molecule has 1 nitrogen and oxygen atoms in total. The highest BCUT2D eigenvalue weighted by molar-refractivity contribution is 5.44. The van der Waals surface area contributed by atoms with Gasteiger partial charge in [-0.25, -0.2) is 0 Å². The van der Waals surface area contributed by atoms with E-state index < -0.39 is 0 Å². The van der Waals surface area contributed by atoms with Crippen molar-refractivity contribution in [3.05, 3.63) is 94.4 Å². The third-order valence-corrected chi connectivity index (χ3v) is 3.91. The van der Waals surface area contributed by atoms with Gasteiger partial charge in [-0.15, -0.1) is 0 Å². The second kappa shape index (κ2) is 5.61. The van der Waals surface area contributed by atoms with Gasteiger partial charge in [0.1, 0.15) is 11.5 Å². The second-order valence-electron chi connectivity index (χ2n) is 5.65. The first-order valence-electron chi connectivity index (χ1n) is 7.33. The molecule has 0 aliphatic carbocycles. The van der Waals surface area contributed by atoms with Gasteiger partial charge >= 0.3 is 0 Å². The molecule has 0 aliphatic rings. The number of hydrogen-bond donors (Lipinski definition) is 0. The zero-order valence-corrected chi connectivity index (χ0v) is 12.8. The Labute approximate surface area is 126 Å². The van der Waals surface area contributed by atoms with Crippen molar-refractivity contribution in [1.29, 1.82) is 0 Å². The molecule has 3 rings (SSSR count). The average molecular weight is 276 g/mol. The van der Waals surface area contributed by atoms with Crippen LogP contribution in [0.4, 0.5) is 0 Å². The highest BCUT2D eigenvalue weighted by Gasteiger charge is 2.21. The zero-order chi connectivity index (χ0) is 14.8. The molecule has 21 heavy (non-hydrogen) atoms. The molecule has 0 spiro atoms. The molecule has 2 aromatic carbocycles. The van der Waals surface area contributed by atoms with Crippen molar-refractivity contribution in [3.63, 3.8) is 0 Å². The van der Waals surface area contributed by atoms with Crippen LogP contribution in [0.5, 0.6) is 0 Å². The van der Waals surface area contributed by atoms with Crippen molar-refractivity contribution in [2.24, 2.45) is 0 Å².